The van der Waals surface area contributed by atoms with E-state index in [1.54, 1.807) is 22.2 Å². The molecule has 3 aromatic rings. The van der Waals surface area contributed by atoms with Crippen LogP contribution in [0.5, 0.6) is 0 Å². The van der Waals surface area contributed by atoms with Gasteiger partial charge in [-0.1, -0.05) is 11.3 Å². The molecule has 2 aromatic heterocycles. The molecule has 0 aliphatic rings. The van der Waals surface area contributed by atoms with Gasteiger partial charge in [0.25, 0.3) is 0 Å². The van der Waals surface area contributed by atoms with E-state index in [1.807, 2.05) is 0 Å². The first-order chi connectivity index (χ1) is 7.75. The van der Waals surface area contributed by atoms with Crippen LogP contribution in [-0.2, 0) is 0 Å². The van der Waals surface area contributed by atoms with Gasteiger partial charge in [0.05, 0.1) is 0 Å². The number of hydrogen-bond acceptors (Lipinski definition) is 4. The molecule has 0 saturated carbocycles. The molecule has 0 spiro atoms. The van der Waals surface area contributed by atoms with Gasteiger partial charge in [-0.05, 0) is 24.3 Å². The van der Waals surface area contributed by atoms with Gasteiger partial charge < -0.3 is 5.73 Å². The van der Waals surface area contributed by atoms with E-state index in [2.05, 4.69) is 10.1 Å². The third-order valence-electron chi connectivity index (χ3n) is 2.30. The first kappa shape index (κ1) is 9.29. The summed E-state index contributed by atoms with van der Waals surface area (Å²) in [6, 6.07) is 6.07. The first-order valence-corrected chi connectivity index (χ1v) is 5.47. The van der Waals surface area contributed by atoms with Gasteiger partial charge in [0.1, 0.15) is 17.0 Å². The molecular weight excluding hydrogens is 227 g/mol. The molecule has 0 aliphatic carbocycles. The third kappa shape index (κ3) is 1.27. The van der Waals surface area contributed by atoms with Crippen molar-refractivity contribution in [2.24, 2.45) is 0 Å². The van der Waals surface area contributed by atoms with Crippen molar-refractivity contribution in [2.75, 3.05) is 5.73 Å². The van der Waals surface area contributed by atoms with Crippen LogP contribution in [0.1, 0.15) is 0 Å². The Balaban J connectivity index is 2.21. The number of nitrogens with two attached hydrogens (primary N) is 1. The number of halogens is 1. The molecule has 3 rings (SSSR count). The van der Waals surface area contributed by atoms with Crippen LogP contribution in [0.4, 0.5) is 10.2 Å². The minimum atomic E-state index is -0.276. The summed E-state index contributed by atoms with van der Waals surface area (Å²) in [6.45, 7) is 0. The van der Waals surface area contributed by atoms with Gasteiger partial charge in [0.15, 0.2) is 5.82 Å². The molecule has 0 atom stereocenters. The largest absolute Gasteiger partial charge is 0.382 e. The molecule has 16 heavy (non-hydrogen) atoms. The lowest BCUT2D eigenvalue weighted by Crippen LogP contribution is -1.94. The van der Waals surface area contributed by atoms with Crippen LogP contribution >= 0.6 is 11.3 Å². The molecule has 80 valence electrons. The number of aromatic nitrogens is 3. The number of imidazole rings is 1. The standard InChI is InChI=1S/C10H7FN4S/c11-7-3-1-6(2-4-7)8-9(12)15-10(14-8)16-5-13-15/h1-5H,12H2. The topological polar surface area (TPSA) is 56.2 Å². The molecule has 4 nitrogen and oxygen atoms in total. The van der Waals surface area contributed by atoms with Crippen LogP contribution in [0, 0.1) is 5.82 Å². The fraction of sp³-hybridized carbons (Fsp3) is 0. The van der Waals surface area contributed by atoms with Gasteiger partial charge in [-0.2, -0.15) is 9.61 Å². The molecule has 2 N–H and O–H groups in total. The van der Waals surface area contributed by atoms with Gasteiger partial charge in [0, 0.05) is 5.56 Å². The van der Waals surface area contributed by atoms with Gasteiger partial charge in [-0.25, -0.2) is 9.37 Å². The number of hydrogen-bond donors (Lipinski definition) is 1. The molecule has 0 bridgehead atoms. The van der Waals surface area contributed by atoms with E-state index < -0.39 is 0 Å². The second kappa shape index (κ2) is 3.28. The Hall–Kier alpha value is -1.95. The maximum absolute atomic E-state index is 12.8. The van der Waals surface area contributed by atoms with Crippen molar-refractivity contribution in [3.05, 3.63) is 35.6 Å². The molecule has 6 heteroatoms. The maximum Gasteiger partial charge on any atom is 0.214 e. The summed E-state index contributed by atoms with van der Waals surface area (Å²) in [4.78, 5) is 5.08. The molecule has 0 amide bonds. The highest BCUT2D eigenvalue weighted by molar-refractivity contribution is 7.14. The lowest BCUT2D eigenvalue weighted by Gasteiger charge is -1.97. The minimum Gasteiger partial charge on any atom is -0.382 e. The van der Waals surface area contributed by atoms with E-state index in [-0.39, 0.29) is 5.82 Å². The Labute approximate surface area is 94.2 Å². The van der Waals surface area contributed by atoms with E-state index in [1.165, 1.54) is 23.5 Å². The lowest BCUT2D eigenvalue weighted by atomic mass is 10.1. The molecule has 1 aromatic carbocycles. The zero-order valence-electron chi connectivity index (χ0n) is 8.09. The Kier molecular flexibility index (Phi) is 1.90. The highest BCUT2D eigenvalue weighted by Crippen LogP contribution is 2.27. The highest BCUT2D eigenvalue weighted by atomic mass is 32.1. The van der Waals surface area contributed by atoms with Crippen molar-refractivity contribution in [3.8, 4) is 11.3 Å². The Morgan fingerprint density at radius 3 is 2.69 bits per heavy atom. The molecular formula is C10H7FN4S. The average Bonchev–Trinajstić information content (AvgIpc) is 2.84. The van der Waals surface area contributed by atoms with Gasteiger partial charge in [-0.3, -0.25) is 0 Å². The zero-order chi connectivity index (χ0) is 11.1. The summed E-state index contributed by atoms with van der Waals surface area (Å²) in [5.41, 5.74) is 9.00. The van der Waals surface area contributed by atoms with E-state index in [0.29, 0.717) is 11.5 Å². The van der Waals surface area contributed by atoms with Crippen molar-refractivity contribution >= 4 is 22.1 Å². The summed E-state index contributed by atoms with van der Waals surface area (Å²) in [5.74, 6) is 0.198. The summed E-state index contributed by atoms with van der Waals surface area (Å²) in [6.07, 6.45) is 0. The normalized spacial score (nSPS) is 11.1. The predicted molar refractivity (Wildman–Crippen MR) is 60.7 cm³/mol. The summed E-state index contributed by atoms with van der Waals surface area (Å²) < 4.78 is 14.4. The van der Waals surface area contributed by atoms with Crippen molar-refractivity contribution in [1.82, 2.24) is 14.6 Å². The van der Waals surface area contributed by atoms with Gasteiger partial charge in [-0.15, -0.1) is 0 Å². The van der Waals surface area contributed by atoms with Crippen molar-refractivity contribution in [1.29, 1.82) is 0 Å². The quantitative estimate of drug-likeness (QED) is 0.702. The van der Waals surface area contributed by atoms with E-state index in [0.717, 1.165) is 10.5 Å². The number of nitrogens with zero attached hydrogens (tertiary/aromatic N) is 3. The van der Waals surface area contributed by atoms with Crippen LogP contribution in [0.25, 0.3) is 16.2 Å². The Morgan fingerprint density at radius 1 is 1.25 bits per heavy atom. The second-order valence-electron chi connectivity index (χ2n) is 3.29. The maximum atomic E-state index is 12.8. The van der Waals surface area contributed by atoms with Crippen LogP contribution in [-0.4, -0.2) is 14.6 Å². The lowest BCUT2D eigenvalue weighted by molar-refractivity contribution is 0.628. The zero-order valence-corrected chi connectivity index (χ0v) is 8.91. The first-order valence-electron chi connectivity index (χ1n) is 4.59. The average molecular weight is 234 g/mol. The summed E-state index contributed by atoms with van der Waals surface area (Å²) in [7, 11) is 0. The van der Waals surface area contributed by atoms with Crippen molar-refractivity contribution in [3.63, 3.8) is 0 Å². The Bertz CT molecular complexity index is 640. The van der Waals surface area contributed by atoms with E-state index in [9.17, 15) is 4.39 Å². The predicted octanol–water partition coefficient (Wildman–Crippen LogP) is 2.18. The van der Waals surface area contributed by atoms with Crippen molar-refractivity contribution in [2.45, 2.75) is 0 Å². The van der Waals surface area contributed by atoms with Crippen LogP contribution in [0.2, 0.25) is 0 Å². The molecule has 0 unspecified atom stereocenters. The Morgan fingerprint density at radius 2 is 2.00 bits per heavy atom. The third-order valence-corrected chi connectivity index (χ3v) is 2.97. The van der Waals surface area contributed by atoms with Crippen molar-refractivity contribution < 1.29 is 4.39 Å². The summed E-state index contributed by atoms with van der Waals surface area (Å²) in [5, 5.41) is 4.06. The summed E-state index contributed by atoms with van der Waals surface area (Å²) >= 11 is 1.41. The molecule has 0 fully saturated rings. The van der Waals surface area contributed by atoms with Crippen LogP contribution in [0.15, 0.2) is 29.8 Å². The highest BCUT2D eigenvalue weighted by Gasteiger charge is 2.12. The number of anilines is 1. The smallest absolute Gasteiger partial charge is 0.214 e. The van der Waals surface area contributed by atoms with E-state index in [4.69, 9.17) is 5.73 Å². The molecule has 0 radical (unpaired) electrons. The van der Waals surface area contributed by atoms with Crippen LogP contribution in [0.3, 0.4) is 0 Å². The molecule has 2 heterocycles. The van der Waals surface area contributed by atoms with E-state index >= 15 is 0 Å². The molecule has 0 aliphatic heterocycles. The SMILES string of the molecule is Nc1c(-c2ccc(F)cc2)nc2scnn12. The number of rotatable bonds is 1. The fourth-order valence-corrected chi connectivity index (χ4v) is 2.15. The minimum absolute atomic E-state index is 0.276. The number of fused-ring (bicyclic) bond motifs is 1. The number of nitrogen functional groups attached to an aromatic ring is 1. The fourth-order valence-electron chi connectivity index (χ4n) is 1.53. The second-order valence-corrected chi connectivity index (χ2v) is 4.10. The van der Waals surface area contributed by atoms with Gasteiger partial charge in [0.2, 0.25) is 4.96 Å². The molecule has 0 saturated heterocycles. The van der Waals surface area contributed by atoms with Crippen LogP contribution < -0.4 is 5.73 Å². The number of benzene rings is 1. The monoisotopic (exact) mass is 234 g/mol. The van der Waals surface area contributed by atoms with Gasteiger partial charge >= 0.3 is 0 Å².